The van der Waals surface area contributed by atoms with Crippen LogP contribution in [0.4, 0.5) is 0 Å². The highest BCUT2D eigenvalue weighted by molar-refractivity contribution is 7.95. The van der Waals surface area contributed by atoms with Crippen LogP contribution in [0.3, 0.4) is 0 Å². The number of hydrogen-bond acceptors (Lipinski definition) is 3. The van der Waals surface area contributed by atoms with Crippen LogP contribution in [0, 0.1) is 0 Å². The van der Waals surface area contributed by atoms with E-state index in [1.165, 1.54) is 11.5 Å². The second-order valence-electron chi connectivity index (χ2n) is 4.19. The van der Waals surface area contributed by atoms with Crippen molar-refractivity contribution >= 4 is 27.0 Å². The minimum Gasteiger partial charge on any atom is -0.374 e. The maximum Gasteiger partial charge on any atom is 0.200 e. The van der Waals surface area contributed by atoms with Crippen molar-refractivity contribution in [3.8, 4) is 0 Å². The number of ether oxygens (including phenoxy) is 1. The van der Waals surface area contributed by atoms with E-state index in [1.807, 2.05) is 13.8 Å². The summed E-state index contributed by atoms with van der Waals surface area (Å²) in [7, 11) is -3.32. The van der Waals surface area contributed by atoms with Crippen molar-refractivity contribution in [2.24, 2.45) is 0 Å². The van der Waals surface area contributed by atoms with Gasteiger partial charge in [-0.1, -0.05) is 11.6 Å². The zero-order valence-electron chi connectivity index (χ0n) is 9.60. The molecule has 92 valence electrons. The van der Waals surface area contributed by atoms with Gasteiger partial charge in [0, 0.05) is 16.0 Å². The fourth-order valence-corrected chi connectivity index (χ4v) is 3.31. The molecule has 0 saturated carbocycles. The maximum absolute atomic E-state index is 11.8. The average molecular weight is 273 g/mol. The van der Waals surface area contributed by atoms with E-state index in [0.29, 0.717) is 21.1 Å². The summed E-state index contributed by atoms with van der Waals surface area (Å²) in [5, 5.41) is 1.78. The van der Waals surface area contributed by atoms with Crippen LogP contribution in [0.1, 0.15) is 19.4 Å². The van der Waals surface area contributed by atoms with Crippen LogP contribution in [-0.4, -0.2) is 21.1 Å². The third kappa shape index (κ3) is 2.54. The number of fused-ring (bicyclic) bond motifs is 1. The summed E-state index contributed by atoms with van der Waals surface area (Å²) in [5.74, 6) is 0. The molecule has 0 radical (unpaired) electrons. The normalized spacial score (nSPS) is 17.1. The van der Waals surface area contributed by atoms with E-state index in [4.69, 9.17) is 16.3 Å². The molecule has 0 bridgehead atoms. The number of sulfone groups is 1. The lowest BCUT2D eigenvalue weighted by Crippen LogP contribution is -2.04. The summed E-state index contributed by atoms with van der Waals surface area (Å²) in [5.41, 5.74) is 1.31. The van der Waals surface area contributed by atoms with Crippen molar-refractivity contribution < 1.29 is 13.2 Å². The van der Waals surface area contributed by atoms with E-state index in [2.05, 4.69) is 0 Å². The summed E-state index contributed by atoms with van der Waals surface area (Å²) < 4.78 is 29.1. The van der Waals surface area contributed by atoms with Gasteiger partial charge in [0.1, 0.15) is 0 Å². The molecule has 0 N–H and O–H groups in total. The van der Waals surface area contributed by atoms with Gasteiger partial charge >= 0.3 is 0 Å². The Hall–Kier alpha value is -0.840. The Bertz CT molecular complexity index is 573. The van der Waals surface area contributed by atoms with Crippen LogP contribution in [0.25, 0.3) is 5.57 Å². The highest BCUT2D eigenvalue weighted by Gasteiger charge is 2.27. The Kier molecular flexibility index (Phi) is 3.30. The van der Waals surface area contributed by atoms with Crippen molar-refractivity contribution in [2.45, 2.75) is 24.8 Å². The van der Waals surface area contributed by atoms with Gasteiger partial charge in [0.05, 0.1) is 17.6 Å². The first-order valence-electron chi connectivity index (χ1n) is 5.27. The first-order valence-corrected chi connectivity index (χ1v) is 7.20. The first kappa shape index (κ1) is 12.6. The van der Waals surface area contributed by atoms with E-state index in [-0.39, 0.29) is 12.7 Å². The van der Waals surface area contributed by atoms with Crippen LogP contribution in [0.15, 0.2) is 28.5 Å². The zero-order valence-corrected chi connectivity index (χ0v) is 11.2. The fourth-order valence-electron chi connectivity index (χ4n) is 1.68. The van der Waals surface area contributed by atoms with E-state index in [9.17, 15) is 8.42 Å². The molecule has 1 aromatic rings. The molecule has 0 amide bonds. The highest BCUT2D eigenvalue weighted by atomic mass is 35.5. The number of hydrogen-bond donors (Lipinski definition) is 0. The van der Waals surface area contributed by atoms with E-state index < -0.39 is 9.84 Å². The van der Waals surface area contributed by atoms with Crippen molar-refractivity contribution in [2.75, 3.05) is 6.61 Å². The van der Waals surface area contributed by atoms with Gasteiger partial charge < -0.3 is 4.74 Å². The van der Waals surface area contributed by atoms with Gasteiger partial charge in [0.25, 0.3) is 0 Å². The first-order chi connectivity index (χ1) is 7.90. The Balaban J connectivity index is 2.41. The molecule has 3 nitrogen and oxygen atoms in total. The summed E-state index contributed by atoms with van der Waals surface area (Å²) >= 11 is 5.88. The molecule has 17 heavy (non-hydrogen) atoms. The molecule has 0 spiro atoms. The number of benzene rings is 1. The molecule has 1 aliphatic rings. The van der Waals surface area contributed by atoms with Gasteiger partial charge in [-0.25, -0.2) is 8.42 Å². The minimum absolute atomic E-state index is 0.0573. The van der Waals surface area contributed by atoms with Crippen LogP contribution < -0.4 is 0 Å². The number of halogens is 1. The predicted octanol–water partition coefficient (Wildman–Crippen LogP) is 2.89. The second kappa shape index (κ2) is 4.44. The highest BCUT2D eigenvalue weighted by Crippen LogP contribution is 2.35. The van der Waals surface area contributed by atoms with Gasteiger partial charge in [-0.3, -0.25) is 0 Å². The topological polar surface area (TPSA) is 43.4 Å². The third-order valence-corrected chi connectivity index (χ3v) is 4.26. The summed E-state index contributed by atoms with van der Waals surface area (Å²) in [4.78, 5) is 0.309. The molecule has 1 aliphatic heterocycles. The summed E-state index contributed by atoms with van der Waals surface area (Å²) in [6.07, 6.45) is 0.0573. The molecule has 0 aromatic heterocycles. The quantitative estimate of drug-likeness (QED) is 0.850. The Morgan fingerprint density at radius 3 is 2.71 bits per heavy atom. The van der Waals surface area contributed by atoms with Gasteiger partial charge in [-0.15, -0.1) is 0 Å². The summed E-state index contributed by atoms with van der Waals surface area (Å²) in [6, 6.07) is 4.78. The van der Waals surface area contributed by atoms with Gasteiger partial charge in [-0.05, 0) is 37.6 Å². The monoisotopic (exact) mass is 272 g/mol. The second-order valence-corrected chi connectivity index (χ2v) is 6.39. The van der Waals surface area contributed by atoms with Crippen molar-refractivity contribution in [1.82, 2.24) is 0 Å². The minimum atomic E-state index is -3.32. The van der Waals surface area contributed by atoms with Crippen LogP contribution in [-0.2, 0) is 14.6 Å². The van der Waals surface area contributed by atoms with E-state index in [0.717, 1.165) is 0 Å². The Labute approximate surface area is 106 Å². The molecule has 2 rings (SSSR count). The number of rotatable bonds is 3. The van der Waals surface area contributed by atoms with Crippen molar-refractivity contribution in [1.29, 1.82) is 0 Å². The van der Waals surface area contributed by atoms with E-state index in [1.54, 1.807) is 12.1 Å². The smallest absolute Gasteiger partial charge is 0.200 e. The summed E-state index contributed by atoms with van der Waals surface area (Å²) in [6.45, 7) is 4.09. The molecule has 0 aliphatic carbocycles. The average Bonchev–Trinajstić information content (AvgIpc) is 2.47. The fraction of sp³-hybridized carbons (Fsp3) is 0.333. The molecule has 5 heteroatoms. The molecule has 0 fully saturated rings. The Morgan fingerprint density at radius 1 is 1.35 bits per heavy atom. The Morgan fingerprint density at radius 2 is 2.06 bits per heavy atom. The molecule has 1 aromatic carbocycles. The van der Waals surface area contributed by atoms with Gasteiger partial charge in [-0.2, -0.15) is 0 Å². The zero-order chi connectivity index (χ0) is 12.6. The van der Waals surface area contributed by atoms with Gasteiger partial charge in [0.15, 0.2) is 0 Å². The third-order valence-electron chi connectivity index (χ3n) is 2.46. The van der Waals surface area contributed by atoms with Gasteiger partial charge in [0.2, 0.25) is 9.84 Å². The SMILES string of the molecule is CC(C)OCC1=CS(=O)(=O)c2ccc(Cl)cc21. The van der Waals surface area contributed by atoms with Crippen LogP contribution >= 0.6 is 11.6 Å². The predicted molar refractivity (Wildman–Crippen MR) is 67.7 cm³/mol. The standard InChI is InChI=1S/C12H13ClO3S/c1-8(2)16-6-9-7-17(14,15)12-4-3-10(13)5-11(9)12/h3-5,7-8H,6H2,1-2H3. The largest absolute Gasteiger partial charge is 0.374 e. The molecular weight excluding hydrogens is 260 g/mol. The molecule has 0 unspecified atom stereocenters. The lowest BCUT2D eigenvalue weighted by molar-refractivity contribution is 0.107. The van der Waals surface area contributed by atoms with Crippen molar-refractivity contribution in [3.63, 3.8) is 0 Å². The van der Waals surface area contributed by atoms with E-state index >= 15 is 0 Å². The molecule has 0 atom stereocenters. The van der Waals surface area contributed by atoms with Crippen molar-refractivity contribution in [3.05, 3.63) is 34.2 Å². The molecular formula is C12H13ClO3S. The maximum atomic E-state index is 11.8. The molecule has 0 saturated heterocycles. The van der Waals surface area contributed by atoms with Crippen LogP contribution in [0.2, 0.25) is 5.02 Å². The lowest BCUT2D eigenvalue weighted by atomic mass is 10.1. The molecule has 1 heterocycles. The van der Waals surface area contributed by atoms with Crippen LogP contribution in [0.5, 0.6) is 0 Å². The lowest BCUT2D eigenvalue weighted by Gasteiger charge is -2.09.